The molecule has 0 spiro atoms. The largest absolute Gasteiger partial charge is 0.465 e. The minimum atomic E-state index is -0.459. The first-order chi connectivity index (χ1) is 12.1. The van der Waals surface area contributed by atoms with E-state index in [4.69, 9.17) is 0 Å². The van der Waals surface area contributed by atoms with Gasteiger partial charge in [0, 0.05) is 5.56 Å². The number of quaternary nitrogens is 1. The maximum absolute atomic E-state index is 12.6. The number of methoxy groups -OCH3 is 1. The highest BCUT2D eigenvalue weighted by molar-refractivity contribution is 6.21. The number of amides is 2. The second-order valence-corrected chi connectivity index (χ2v) is 5.84. The number of nitrogens with two attached hydrogens (primary N) is 1. The molecule has 1 heterocycles. The average molecular weight is 339 g/mol. The zero-order valence-electron chi connectivity index (χ0n) is 13.8. The van der Waals surface area contributed by atoms with E-state index < -0.39 is 12.0 Å². The zero-order valence-corrected chi connectivity index (χ0v) is 13.8. The molecule has 2 aromatic carbocycles. The van der Waals surface area contributed by atoms with Crippen LogP contribution in [0.25, 0.3) is 0 Å². The summed E-state index contributed by atoms with van der Waals surface area (Å²) >= 11 is 0. The molecule has 2 N–H and O–H groups in total. The topological polar surface area (TPSA) is 80.3 Å². The third-order valence-corrected chi connectivity index (χ3v) is 4.21. The molecule has 0 bridgehead atoms. The van der Waals surface area contributed by atoms with Crippen molar-refractivity contribution < 1.29 is 24.4 Å². The Morgan fingerprint density at radius 1 is 1.12 bits per heavy atom. The van der Waals surface area contributed by atoms with Crippen LogP contribution in [0.3, 0.4) is 0 Å². The van der Waals surface area contributed by atoms with E-state index >= 15 is 0 Å². The highest BCUT2D eigenvalue weighted by Crippen LogP contribution is 2.22. The third-order valence-electron chi connectivity index (χ3n) is 4.21. The van der Waals surface area contributed by atoms with E-state index in [1.54, 1.807) is 24.3 Å². The van der Waals surface area contributed by atoms with Gasteiger partial charge in [0.2, 0.25) is 5.91 Å². The van der Waals surface area contributed by atoms with Gasteiger partial charge in [-0.25, -0.2) is 9.69 Å². The van der Waals surface area contributed by atoms with Gasteiger partial charge < -0.3 is 10.1 Å². The van der Waals surface area contributed by atoms with Crippen LogP contribution in [0.15, 0.2) is 54.6 Å². The van der Waals surface area contributed by atoms with Crippen LogP contribution in [0, 0.1) is 0 Å². The van der Waals surface area contributed by atoms with Crippen molar-refractivity contribution in [3.8, 4) is 0 Å². The van der Waals surface area contributed by atoms with Crippen molar-refractivity contribution in [2.75, 3.05) is 12.0 Å². The van der Waals surface area contributed by atoms with Crippen molar-refractivity contribution in [3.05, 3.63) is 65.7 Å². The molecule has 2 aromatic rings. The Bertz CT molecular complexity index is 787. The minimum absolute atomic E-state index is 0.171. The monoisotopic (exact) mass is 339 g/mol. The molecule has 2 amide bonds. The first-order valence-electron chi connectivity index (χ1n) is 8.02. The molecule has 1 saturated heterocycles. The van der Waals surface area contributed by atoms with Crippen LogP contribution >= 0.6 is 0 Å². The van der Waals surface area contributed by atoms with Crippen molar-refractivity contribution in [2.24, 2.45) is 0 Å². The van der Waals surface area contributed by atoms with E-state index in [1.165, 1.54) is 12.0 Å². The summed E-state index contributed by atoms with van der Waals surface area (Å²) in [6, 6.07) is 15.6. The Labute approximate surface area is 145 Å². The maximum Gasteiger partial charge on any atom is 0.337 e. The number of ether oxygens (including phenoxy) is 1. The average Bonchev–Trinajstić information content (AvgIpc) is 2.94. The lowest BCUT2D eigenvalue weighted by Crippen LogP contribution is -2.90. The normalized spacial score (nSPS) is 17.0. The van der Waals surface area contributed by atoms with E-state index in [9.17, 15) is 14.4 Å². The summed E-state index contributed by atoms with van der Waals surface area (Å²) in [5.41, 5.74) is 1.94. The number of benzene rings is 2. The van der Waals surface area contributed by atoms with Crippen molar-refractivity contribution >= 4 is 23.5 Å². The van der Waals surface area contributed by atoms with Crippen LogP contribution in [0.2, 0.25) is 0 Å². The van der Waals surface area contributed by atoms with Gasteiger partial charge >= 0.3 is 5.97 Å². The Balaban J connectivity index is 1.69. The summed E-state index contributed by atoms with van der Waals surface area (Å²) in [7, 11) is 1.30. The predicted octanol–water partition coefficient (Wildman–Crippen LogP) is 0.869. The molecular weight excluding hydrogens is 320 g/mol. The fourth-order valence-electron chi connectivity index (χ4n) is 2.87. The molecule has 3 rings (SSSR count). The van der Waals surface area contributed by atoms with Gasteiger partial charge in [-0.15, -0.1) is 0 Å². The minimum Gasteiger partial charge on any atom is -0.465 e. The third kappa shape index (κ3) is 3.59. The van der Waals surface area contributed by atoms with Gasteiger partial charge in [0.25, 0.3) is 5.91 Å². The Kier molecular flexibility index (Phi) is 4.90. The number of esters is 1. The van der Waals surface area contributed by atoms with Crippen molar-refractivity contribution in [1.29, 1.82) is 0 Å². The molecule has 0 radical (unpaired) electrons. The number of rotatable bonds is 5. The van der Waals surface area contributed by atoms with Gasteiger partial charge in [0.05, 0.1) is 24.8 Å². The summed E-state index contributed by atoms with van der Waals surface area (Å²) in [5.74, 6) is -0.920. The lowest BCUT2D eigenvalue weighted by atomic mass is 10.2. The summed E-state index contributed by atoms with van der Waals surface area (Å²) < 4.78 is 4.64. The second-order valence-electron chi connectivity index (χ2n) is 5.84. The summed E-state index contributed by atoms with van der Waals surface area (Å²) in [4.78, 5) is 37.5. The predicted molar refractivity (Wildman–Crippen MR) is 90.8 cm³/mol. The standard InChI is InChI=1S/C19H18N2O4/c1-25-19(24)14-7-9-15(10-8-14)21-17(22)11-16(18(21)23)20-12-13-5-3-2-4-6-13/h2-10,16,20H,11-12H2,1H3/p+1/t16-/m0/s1. The summed E-state index contributed by atoms with van der Waals surface area (Å²) in [5, 5.41) is 1.89. The van der Waals surface area contributed by atoms with E-state index in [2.05, 4.69) is 4.74 Å². The van der Waals surface area contributed by atoms with Crippen LogP contribution in [0.4, 0.5) is 5.69 Å². The highest BCUT2D eigenvalue weighted by atomic mass is 16.5. The molecule has 0 aliphatic carbocycles. The van der Waals surface area contributed by atoms with Crippen LogP contribution in [0.1, 0.15) is 22.3 Å². The van der Waals surface area contributed by atoms with Crippen LogP contribution in [-0.4, -0.2) is 30.9 Å². The first-order valence-corrected chi connectivity index (χ1v) is 8.02. The van der Waals surface area contributed by atoms with Crippen molar-refractivity contribution in [1.82, 2.24) is 0 Å². The van der Waals surface area contributed by atoms with Crippen molar-refractivity contribution in [3.63, 3.8) is 0 Å². The van der Waals surface area contributed by atoms with Crippen LogP contribution in [-0.2, 0) is 20.9 Å². The molecule has 1 aliphatic heterocycles. The van der Waals surface area contributed by atoms with E-state index in [0.29, 0.717) is 17.8 Å². The Hall–Kier alpha value is -2.99. The molecule has 1 atom stereocenters. The highest BCUT2D eigenvalue weighted by Gasteiger charge is 2.42. The number of anilines is 1. The van der Waals surface area contributed by atoms with Gasteiger partial charge in [0.15, 0.2) is 6.04 Å². The van der Waals surface area contributed by atoms with Gasteiger partial charge in [-0.3, -0.25) is 9.59 Å². The molecule has 0 unspecified atom stereocenters. The Morgan fingerprint density at radius 2 is 1.80 bits per heavy atom. The molecule has 1 aliphatic rings. The van der Waals surface area contributed by atoms with Gasteiger partial charge in [-0.05, 0) is 24.3 Å². The number of carbonyl (C=O) groups is 3. The summed E-state index contributed by atoms with van der Waals surface area (Å²) in [6.07, 6.45) is 0.171. The Morgan fingerprint density at radius 3 is 2.44 bits per heavy atom. The van der Waals surface area contributed by atoms with Crippen molar-refractivity contribution in [2.45, 2.75) is 19.0 Å². The zero-order chi connectivity index (χ0) is 17.8. The lowest BCUT2D eigenvalue weighted by Gasteiger charge is -2.14. The molecule has 1 fully saturated rings. The van der Waals surface area contributed by atoms with Crippen LogP contribution < -0.4 is 10.2 Å². The van der Waals surface area contributed by atoms with Gasteiger partial charge in [-0.1, -0.05) is 30.3 Å². The molecule has 25 heavy (non-hydrogen) atoms. The molecule has 0 saturated carbocycles. The fraction of sp³-hybridized carbons (Fsp3) is 0.211. The maximum atomic E-state index is 12.6. The molecular formula is C19H19N2O4+. The number of carbonyl (C=O) groups excluding carboxylic acids is 3. The first kappa shape index (κ1) is 16.9. The molecule has 0 aromatic heterocycles. The van der Waals surface area contributed by atoms with E-state index in [0.717, 1.165) is 5.56 Å². The van der Waals surface area contributed by atoms with Crippen LogP contribution in [0.5, 0.6) is 0 Å². The van der Waals surface area contributed by atoms with E-state index in [-0.39, 0.29) is 18.2 Å². The molecule has 6 heteroatoms. The number of nitrogens with zero attached hydrogens (tertiary/aromatic N) is 1. The fourth-order valence-corrected chi connectivity index (χ4v) is 2.87. The lowest BCUT2D eigenvalue weighted by molar-refractivity contribution is -0.690. The number of hydrogen-bond acceptors (Lipinski definition) is 4. The second kappa shape index (κ2) is 7.27. The van der Waals surface area contributed by atoms with Gasteiger partial charge in [0.1, 0.15) is 6.54 Å². The molecule has 128 valence electrons. The number of hydrogen-bond donors (Lipinski definition) is 1. The SMILES string of the molecule is COC(=O)c1ccc(N2C(=O)C[C@H]([NH2+]Cc3ccccc3)C2=O)cc1. The molecule has 6 nitrogen and oxygen atoms in total. The van der Waals surface area contributed by atoms with Gasteiger partial charge in [-0.2, -0.15) is 0 Å². The van der Waals surface area contributed by atoms with E-state index in [1.807, 2.05) is 35.6 Å². The number of imide groups is 1. The smallest absolute Gasteiger partial charge is 0.337 e. The quantitative estimate of drug-likeness (QED) is 0.647. The summed E-state index contributed by atoms with van der Waals surface area (Å²) in [6.45, 7) is 0.639.